The van der Waals surface area contributed by atoms with Gasteiger partial charge in [0, 0.05) is 10.8 Å². The molecule has 3 nitrogen and oxygen atoms in total. The lowest BCUT2D eigenvalue weighted by Crippen LogP contribution is -2.12. The Balaban J connectivity index is 1.81. The van der Waals surface area contributed by atoms with Crippen LogP contribution in [0.5, 0.6) is 0 Å². The predicted molar refractivity (Wildman–Crippen MR) is 137 cm³/mol. The summed E-state index contributed by atoms with van der Waals surface area (Å²) in [5, 5.41) is 4.27. The number of benzene rings is 4. The zero-order valence-electron chi connectivity index (χ0n) is 18.6. The van der Waals surface area contributed by atoms with Gasteiger partial charge in [0.25, 0.3) is 10.0 Å². The van der Waals surface area contributed by atoms with Gasteiger partial charge in [-0.1, -0.05) is 66.2 Å². The third-order valence-electron chi connectivity index (χ3n) is 6.81. The van der Waals surface area contributed by atoms with Gasteiger partial charge in [-0.25, -0.2) is 12.4 Å². The quantitative estimate of drug-likeness (QED) is 0.286. The summed E-state index contributed by atoms with van der Waals surface area (Å²) in [6.07, 6.45) is 6.82. The molecule has 0 saturated carbocycles. The van der Waals surface area contributed by atoms with Crippen LogP contribution in [-0.2, 0) is 10.0 Å². The van der Waals surface area contributed by atoms with E-state index in [1.54, 1.807) is 16.1 Å². The molecule has 0 spiro atoms. The standard InChI is InChI=1S/C29H25NO2S/c1-20-15-17-23(18-16-20)33(31,32)30-26-14-8-7-13-25(26)29-27(30)19-22-11-5-6-12-24(22)28(29)21-9-3-2-4-10-21/h5-9,11-19H,2-4,10H2,1H3. The predicted octanol–water partition coefficient (Wildman–Crippen LogP) is 7.45. The first-order valence-corrected chi connectivity index (χ1v) is 13.0. The van der Waals surface area contributed by atoms with E-state index in [2.05, 4.69) is 30.3 Å². The summed E-state index contributed by atoms with van der Waals surface area (Å²) < 4.78 is 29.6. The fraction of sp³-hybridized carbons (Fsp3) is 0.172. The highest BCUT2D eigenvalue weighted by atomic mass is 32.2. The Morgan fingerprint density at radius 3 is 2.27 bits per heavy atom. The van der Waals surface area contributed by atoms with Crippen LogP contribution in [-0.4, -0.2) is 12.4 Å². The maximum Gasteiger partial charge on any atom is 0.268 e. The summed E-state index contributed by atoms with van der Waals surface area (Å²) in [6.45, 7) is 1.97. The topological polar surface area (TPSA) is 39.1 Å². The molecule has 164 valence electrons. The van der Waals surface area contributed by atoms with E-state index in [9.17, 15) is 8.42 Å². The van der Waals surface area contributed by atoms with Gasteiger partial charge in [0.05, 0.1) is 15.9 Å². The Morgan fingerprint density at radius 2 is 1.52 bits per heavy atom. The number of nitrogens with zero attached hydrogens (tertiary/aromatic N) is 1. The number of aromatic nitrogens is 1. The Bertz CT molecular complexity index is 1670. The highest BCUT2D eigenvalue weighted by Gasteiger charge is 2.26. The van der Waals surface area contributed by atoms with Gasteiger partial charge in [-0.3, -0.25) is 0 Å². The third-order valence-corrected chi connectivity index (χ3v) is 8.55. The van der Waals surface area contributed by atoms with Gasteiger partial charge in [-0.2, -0.15) is 0 Å². The van der Waals surface area contributed by atoms with Crippen molar-refractivity contribution in [2.24, 2.45) is 0 Å². The number of para-hydroxylation sites is 1. The molecule has 1 aromatic heterocycles. The molecule has 33 heavy (non-hydrogen) atoms. The van der Waals surface area contributed by atoms with Crippen LogP contribution in [0.2, 0.25) is 0 Å². The summed E-state index contributed by atoms with van der Waals surface area (Å²) in [5.41, 5.74) is 5.03. The van der Waals surface area contributed by atoms with Crippen molar-refractivity contribution >= 4 is 48.2 Å². The van der Waals surface area contributed by atoms with Crippen molar-refractivity contribution in [2.45, 2.75) is 37.5 Å². The second kappa shape index (κ2) is 7.60. The van der Waals surface area contributed by atoms with E-state index in [1.165, 1.54) is 22.9 Å². The lowest BCUT2D eigenvalue weighted by Gasteiger charge is -2.17. The first-order valence-electron chi connectivity index (χ1n) is 11.5. The van der Waals surface area contributed by atoms with E-state index in [0.29, 0.717) is 4.90 Å². The summed E-state index contributed by atoms with van der Waals surface area (Å²) in [6, 6.07) is 25.4. The number of allylic oxidation sites excluding steroid dienone is 2. The monoisotopic (exact) mass is 451 g/mol. The molecular formula is C29H25NO2S. The maximum absolute atomic E-state index is 14.0. The molecule has 0 saturated heterocycles. The lowest BCUT2D eigenvalue weighted by molar-refractivity contribution is 0.590. The van der Waals surface area contributed by atoms with E-state index >= 15 is 0 Å². The van der Waals surface area contributed by atoms with Crippen molar-refractivity contribution in [1.82, 2.24) is 3.97 Å². The fourth-order valence-electron chi connectivity index (χ4n) is 5.23. The number of aryl methyl sites for hydroxylation is 1. The molecule has 0 bridgehead atoms. The third kappa shape index (κ3) is 3.12. The van der Waals surface area contributed by atoms with Gasteiger partial charge in [-0.15, -0.1) is 0 Å². The smallest absolute Gasteiger partial charge is 0.233 e. The van der Waals surface area contributed by atoms with Crippen LogP contribution in [0.15, 0.2) is 89.8 Å². The zero-order valence-corrected chi connectivity index (χ0v) is 19.4. The fourth-order valence-corrected chi connectivity index (χ4v) is 6.74. The van der Waals surface area contributed by atoms with Crippen LogP contribution in [0.1, 0.15) is 36.8 Å². The molecule has 4 aromatic carbocycles. The minimum atomic E-state index is -3.78. The van der Waals surface area contributed by atoms with Crippen molar-refractivity contribution in [2.75, 3.05) is 0 Å². The van der Waals surface area contributed by atoms with E-state index in [4.69, 9.17) is 0 Å². The Kier molecular flexibility index (Phi) is 4.66. The molecule has 0 amide bonds. The van der Waals surface area contributed by atoms with E-state index in [1.807, 2.05) is 49.4 Å². The molecular weight excluding hydrogens is 426 g/mol. The molecule has 1 aliphatic rings. The van der Waals surface area contributed by atoms with Crippen LogP contribution in [0.4, 0.5) is 0 Å². The molecule has 0 aliphatic heterocycles. The molecule has 1 aliphatic carbocycles. The summed E-state index contributed by atoms with van der Waals surface area (Å²) >= 11 is 0. The molecule has 0 N–H and O–H groups in total. The highest BCUT2D eigenvalue weighted by Crippen LogP contribution is 2.43. The van der Waals surface area contributed by atoms with Crippen LogP contribution in [0, 0.1) is 6.92 Å². The Hall–Kier alpha value is -3.37. The van der Waals surface area contributed by atoms with Crippen molar-refractivity contribution in [3.8, 4) is 0 Å². The average molecular weight is 452 g/mol. The highest BCUT2D eigenvalue weighted by molar-refractivity contribution is 7.90. The van der Waals surface area contributed by atoms with Gasteiger partial charge in [0.2, 0.25) is 0 Å². The molecule has 0 unspecified atom stereocenters. The average Bonchev–Trinajstić information content (AvgIpc) is 3.18. The van der Waals surface area contributed by atoms with E-state index < -0.39 is 10.0 Å². The van der Waals surface area contributed by atoms with Crippen LogP contribution >= 0.6 is 0 Å². The normalized spacial score (nSPS) is 14.8. The molecule has 4 heteroatoms. The van der Waals surface area contributed by atoms with E-state index in [-0.39, 0.29) is 0 Å². The second-order valence-electron chi connectivity index (χ2n) is 8.94. The van der Waals surface area contributed by atoms with E-state index in [0.717, 1.165) is 52.0 Å². The zero-order chi connectivity index (χ0) is 22.6. The van der Waals surface area contributed by atoms with Crippen molar-refractivity contribution in [3.63, 3.8) is 0 Å². The minimum absolute atomic E-state index is 0.308. The first-order chi connectivity index (χ1) is 16.1. The molecule has 6 rings (SSSR count). The van der Waals surface area contributed by atoms with Crippen molar-refractivity contribution in [3.05, 3.63) is 96.1 Å². The minimum Gasteiger partial charge on any atom is -0.233 e. The van der Waals surface area contributed by atoms with Gasteiger partial charge >= 0.3 is 0 Å². The number of rotatable bonds is 3. The van der Waals surface area contributed by atoms with Crippen LogP contribution in [0.3, 0.4) is 0 Å². The summed E-state index contributed by atoms with van der Waals surface area (Å²) in [7, 11) is -3.78. The van der Waals surface area contributed by atoms with Crippen LogP contribution < -0.4 is 0 Å². The molecule has 1 heterocycles. The largest absolute Gasteiger partial charge is 0.268 e. The molecule has 0 radical (unpaired) electrons. The van der Waals surface area contributed by atoms with Crippen molar-refractivity contribution in [1.29, 1.82) is 0 Å². The van der Waals surface area contributed by atoms with Gasteiger partial charge in [-0.05, 0) is 78.8 Å². The molecule has 0 fully saturated rings. The van der Waals surface area contributed by atoms with Crippen LogP contribution in [0.25, 0.3) is 38.2 Å². The second-order valence-corrected chi connectivity index (χ2v) is 10.7. The van der Waals surface area contributed by atoms with Gasteiger partial charge in [0.1, 0.15) is 0 Å². The van der Waals surface area contributed by atoms with Gasteiger partial charge in [0.15, 0.2) is 0 Å². The van der Waals surface area contributed by atoms with Crippen molar-refractivity contribution < 1.29 is 8.42 Å². The number of fused-ring (bicyclic) bond motifs is 4. The Morgan fingerprint density at radius 1 is 0.788 bits per heavy atom. The summed E-state index contributed by atoms with van der Waals surface area (Å²) in [5.74, 6) is 0. The summed E-state index contributed by atoms with van der Waals surface area (Å²) in [4.78, 5) is 0.308. The van der Waals surface area contributed by atoms with Gasteiger partial charge < -0.3 is 0 Å². The number of hydrogen-bond donors (Lipinski definition) is 0. The molecule has 5 aromatic rings. The lowest BCUT2D eigenvalue weighted by atomic mass is 9.87. The SMILES string of the molecule is Cc1ccc(S(=O)(=O)n2c3ccccc3c3c(C4=CCCCC4)c4ccccc4cc32)cc1. The number of hydrogen-bond acceptors (Lipinski definition) is 2. The Labute approximate surface area is 194 Å². The first kappa shape index (κ1) is 20.3. The molecule has 0 atom stereocenters. The maximum atomic E-state index is 14.0.